The number of methoxy groups -OCH3 is 1. The second kappa shape index (κ2) is 9.14. The second-order valence-corrected chi connectivity index (χ2v) is 5.33. The lowest BCUT2D eigenvalue weighted by Gasteiger charge is -2.12. The van der Waals surface area contributed by atoms with Crippen molar-refractivity contribution in [3.05, 3.63) is 65.7 Å². The largest absolute Gasteiger partial charge is 0.493 e. The summed E-state index contributed by atoms with van der Waals surface area (Å²) in [4.78, 5) is 12.1. The van der Waals surface area contributed by atoms with E-state index in [1.165, 1.54) is 13.2 Å². The molecule has 0 saturated heterocycles. The third-order valence-electron chi connectivity index (χ3n) is 3.57. The maximum atomic E-state index is 12.1. The molecule has 0 radical (unpaired) electrons. The van der Waals surface area contributed by atoms with Crippen LogP contribution in [0.5, 0.6) is 11.5 Å². The first-order valence-corrected chi connectivity index (χ1v) is 7.85. The second-order valence-electron chi connectivity index (χ2n) is 5.33. The van der Waals surface area contributed by atoms with Crippen molar-refractivity contribution in [1.29, 1.82) is 5.26 Å². The van der Waals surface area contributed by atoms with Crippen molar-refractivity contribution < 1.29 is 14.3 Å². The number of ether oxygens (including phenoxy) is 2. The summed E-state index contributed by atoms with van der Waals surface area (Å²) in [7, 11) is 1.52. The summed E-state index contributed by atoms with van der Waals surface area (Å²) in [5.74, 6) is 0.818. The van der Waals surface area contributed by atoms with Gasteiger partial charge in [-0.15, -0.1) is 0 Å². The minimum atomic E-state index is -0.180. The zero-order chi connectivity index (χ0) is 18.1. The van der Waals surface area contributed by atoms with Gasteiger partial charge in [0.15, 0.2) is 18.1 Å². The number of carbonyl (C=O) groups excluding carboxylic acids is 1. The minimum absolute atomic E-state index is 0.0503. The Morgan fingerprint density at radius 1 is 1.24 bits per heavy atom. The summed E-state index contributed by atoms with van der Waals surface area (Å²) < 4.78 is 10.5. The van der Waals surface area contributed by atoms with Crippen LogP contribution >= 0.6 is 0 Å². The molecule has 25 heavy (non-hydrogen) atoms. The van der Waals surface area contributed by atoms with Crippen LogP contribution in [-0.4, -0.2) is 19.6 Å². The number of amides is 1. The molecule has 2 aromatic carbocycles. The van der Waals surface area contributed by atoms with Gasteiger partial charge in [-0.3, -0.25) is 4.79 Å². The summed E-state index contributed by atoms with van der Waals surface area (Å²) in [6.07, 6.45) is 3.17. The fourth-order valence-electron chi connectivity index (χ4n) is 2.28. The Bertz CT molecular complexity index is 779. The Labute approximate surface area is 147 Å². The summed E-state index contributed by atoms with van der Waals surface area (Å²) >= 11 is 0. The van der Waals surface area contributed by atoms with Crippen LogP contribution < -0.4 is 14.8 Å². The van der Waals surface area contributed by atoms with Crippen molar-refractivity contribution in [2.75, 3.05) is 13.7 Å². The highest BCUT2D eigenvalue weighted by Gasteiger charge is 2.07. The van der Waals surface area contributed by atoms with E-state index < -0.39 is 0 Å². The molecule has 0 aliphatic carbocycles. The van der Waals surface area contributed by atoms with E-state index in [1.54, 1.807) is 24.3 Å². The van der Waals surface area contributed by atoms with Gasteiger partial charge in [0.25, 0.3) is 0 Å². The Morgan fingerprint density at radius 2 is 2.00 bits per heavy atom. The highest BCUT2D eigenvalue weighted by Crippen LogP contribution is 2.28. The van der Waals surface area contributed by atoms with Crippen molar-refractivity contribution in [3.63, 3.8) is 0 Å². The van der Waals surface area contributed by atoms with Gasteiger partial charge in [0.05, 0.1) is 13.2 Å². The first-order chi connectivity index (χ1) is 12.1. The zero-order valence-electron chi connectivity index (χ0n) is 14.2. The van der Waals surface area contributed by atoms with E-state index in [-0.39, 0.29) is 18.6 Å². The number of nitriles is 1. The Kier molecular flexibility index (Phi) is 6.61. The van der Waals surface area contributed by atoms with E-state index in [9.17, 15) is 4.79 Å². The third-order valence-corrected chi connectivity index (χ3v) is 3.57. The molecule has 1 unspecified atom stereocenters. The van der Waals surface area contributed by atoms with E-state index in [0.717, 1.165) is 11.1 Å². The molecular formula is C20H20N2O3. The molecule has 0 fully saturated rings. The van der Waals surface area contributed by atoms with Crippen molar-refractivity contribution in [1.82, 2.24) is 5.32 Å². The maximum Gasteiger partial charge on any atom is 0.244 e. The van der Waals surface area contributed by atoms with Gasteiger partial charge in [0.2, 0.25) is 5.91 Å². The molecule has 2 aromatic rings. The lowest BCUT2D eigenvalue weighted by atomic mass is 10.1. The molecule has 0 spiro atoms. The topological polar surface area (TPSA) is 71.3 Å². The number of nitrogens with zero attached hydrogens (tertiary/aromatic N) is 1. The van der Waals surface area contributed by atoms with E-state index in [2.05, 4.69) is 5.32 Å². The highest BCUT2D eigenvalue weighted by atomic mass is 16.5. The van der Waals surface area contributed by atoms with Gasteiger partial charge in [-0.2, -0.15) is 5.26 Å². The van der Waals surface area contributed by atoms with Gasteiger partial charge in [-0.1, -0.05) is 36.4 Å². The van der Waals surface area contributed by atoms with E-state index >= 15 is 0 Å². The average molecular weight is 336 g/mol. The summed E-state index contributed by atoms with van der Waals surface area (Å²) in [5.41, 5.74) is 1.84. The predicted octanol–water partition coefficient (Wildman–Crippen LogP) is 3.49. The van der Waals surface area contributed by atoms with E-state index in [1.807, 2.05) is 43.3 Å². The fourth-order valence-corrected chi connectivity index (χ4v) is 2.28. The highest BCUT2D eigenvalue weighted by molar-refractivity contribution is 5.92. The minimum Gasteiger partial charge on any atom is -0.493 e. The van der Waals surface area contributed by atoms with Gasteiger partial charge in [-0.05, 0) is 36.3 Å². The maximum absolute atomic E-state index is 12.1. The smallest absolute Gasteiger partial charge is 0.244 e. The summed E-state index contributed by atoms with van der Waals surface area (Å²) in [5, 5.41) is 11.5. The quantitative estimate of drug-likeness (QED) is 0.786. The van der Waals surface area contributed by atoms with Gasteiger partial charge in [0.1, 0.15) is 6.07 Å². The number of hydrogen-bond acceptors (Lipinski definition) is 4. The van der Waals surface area contributed by atoms with Gasteiger partial charge in [0, 0.05) is 6.08 Å². The first kappa shape index (κ1) is 18.1. The van der Waals surface area contributed by atoms with Crippen LogP contribution in [0.15, 0.2) is 54.6 Å². The number of nitrogens with one attached hydrogen (secondary N) is 1. The Hall–Kier alpha value is -3.26. The van der Waals surface area contributed by atoms with Crippen molar-refractivity contribution >= 4 is 12.0 Å². The molecule has 5 heteroatoms. The predicted molar refractivity (Wildman–Crippen MR) is 96.1 cm³/mol. The molecular weight excluding hydrogens is 316 g/mol. The number of carbonyl (C=O) groups is 1. The van der Waals surface area contributed by atoms with Crippen LogP contribution in [0.2, 0.25) is 0 Å². The number of benzene rings is 2. The van der Waals surface area contributed by atoms with Crippen LogP contribution in [-0.2, 0) is 4.79 Å². The SMILES string of the molecule is COc1cc(/C=C/C(=O)NC(C)c2ccccc2)ccc1OCC#N. The molecule has 0 bridgehead atoms. The molecule has 2 rings (SSSR count). The zero-order valence-corrected chi connectivity index (χ0v) is 14.2. The van der Waals surface area contributed by atoms with Crippen LogP contribution in [0.25, 0.3) is 6.08 Å². The average Bonchev–Trinajstić information content (AvgIpc) is 2.65. The van der Waals surface area contributed by atoms with Gasteiger partial charge < -0.3 is 14.8 Å². The molecule has 1 N–H and O–H groups in total. The molecule has 128 valence electrons. The number of rotatable bonds is 7. The number of hydrogen-bond donors (Lipinski definition) is 1. The third kappa shape index (κ3) is 5.40. The fraction of sp³-hybridized carbons (Fsp3) is 0.200. The van der Waals surface area contributed by atoms with Gasteiger partial charge >= 0.3 is 0 Å². The lowest BCUT2D eigenvalue weighted by molar-refractivity contribution is -0.117. The van der Waals surface area contributed by atoms with Crippen molar-refractivity contribution in [2.24, 2.45) is 0 Å². The summed E-state index contributed by atoms with van der Waals surface area (Å²) in [6.45, 7) is 1.89. The van der Waals surface area contributed by atoms with Crippen LogP contribution in [0.4, 0.5) is 0 Å². The van der Waals surface area contributed by atoms with Crippen molar-refractivity contribution in [2.45, 2.75) is 13.0 Å². The Morgan fingerprint density at radius 3 is 2.68 bits per heavy atom. The molecule has 0 aromatic heterocycles. The molecule has 5 nitrogen and oxygen atoms in total. The normalized spacial score (nSPS) is 11.6. The molecule has 1 atom stereocenters. The molecule has 0 saturated carbocycles. The summed E-state index contributed by atoms with van der Waals surface area (Å²) in [6, 6.07) is 16.8. The standard InChI is InChI=1S/C20H20N2O3/c1-15(17-6-4-3-5-7-17)22-20(23)11-9-16-8-10-18(25-13-12-21)19(14-16)24-2/h3-11,14-15H,13H2,1-2H3,(H,22,23)/b11-9+. The van der Waals surface area contributed by atoms with E-state index in [0.29, 0.717) is 11.5 Å². The Balaban J connectivity index is 2.01. The monoisotopic (exact) mass is 336 g/mol. The molecule has 1 amide bonds. The first-order valence-electron chi connectivity index (χ1n) is 7.85. The van der Waals surface area contributed by atoms with Crippen molar-refractivity contribution in [3.8, 4) is 17.6 Å². The molecule has 0 heterocycles. The van der Waals surface area contributed by atoms with Gasteiger partial charge in [-0.25, -0.2) is 0 Å². The van der Waals surface area contributed by atoms with E-state index in [4.69, 9.17) is 14.7 Å². The molecule has 0 aliphatic rings. The molecule has 0 aliphatic heterocycles. The van der Waals surface area contributed by atoms with Crippen LogP contribution in [0, 0.1) is 11.3 Å². The van der Waals surface area contributed by atoms with Crippen LogP contribution in [0.3, 0.4) is 0 Å². The lowest BCUT2D eigenvalue weighted by Crippen LogP contribution is -2.24. The van der Waals surface area contributed by atoms with Crippen LogP contribution in [0.1, 0.15) is 24.1 Å².